The zero-order valence-corrected chi connectivity index (χ0v) is 16.1. The van der Waals surface area contributed by atoms with Crippen molar-refractivity contribution in [3.8, 4) is 11.5 Å². The summed E-state index contributed by atoms with van der Waals surface area (Å²) in [6.45, 7) is 0.0580. The third-order valence-electron chi connectivity index (χ3n) is 4.07. The van der Waals surface area contributed by atoms with Gasteiger partial charge in [-0.25, -0.2) is 9.59 Å². The van der Waals surface area contributed by atoms with E-state index >= 15 is 0 Å². The normalized spacial score (nSPS) is 10.9. The van der Waals surface area contributed by atoms with Gasteiger partial charge in [-0.2, -0.15) is 13.2 Å². The van der Waals surface area contributed by atoms with E-state index in [-0.39, 0.29) is 24.5 Å². The van der Waals surface area contributed by atoms with Gasteiger partial charge in [-0.05, 0) is 29.3 Å². The number of carbonyl (C=O) groups excluding carboxylic acids is 2. The second-order valence-electron chi connectivity index (χ2n) is 6.38. The monoisotopic (exact) mass is 430 g/mol. The average Bonchev–Trinajstić information content (AvgIpc) is 2.77. The third kappa shape index (κ3) is 6.33. The Morgan fingerprint density at radius 2 is 1.35 bits per heavy atom. The minimum absolute atomic E-state index is 0.110. The summed E-state index contributed by atoms with van der Waals surface area (Å²) in [5.41, 5.74) is 1.17. The lowest BCUT2D eigenvalue weighted by atomic mass is 10.2. The fourth-order valence-electron chi connectivity index (χ4n) is 2.55. The first-order chi connectivity index (χ1) is 14.8. The summed E-state index contributed by atoms with van der Waals surface area (Å²) in [4.78, 5) is 23.8. The number of benzene rings is 3. The molecule has 3 aromatic rings. The van der Waals surface area contributed by atoms with Crippen molar-refractivity contribution >= 4 is 11.9 Å². The SMILES string of the molecule is O=C(OCc1ccccc1)c1cc(OCc2ccccc2)ccc1OC(=O)C(F)(F)F. The summed E-state index contributed by atoms with van der Waals surface area (Å²) >= 11 is 0. The standard InChI is InChI=1S/C23H17F3O5/c24-23(25,26)22(28)31-20-12-11-18(29-14-16-7-3-1-4-8-16)13-19(20)21(27)30-15-17-9-5-2-6-10-17/h1-13H,14-15H2. The predicted molar refractivity (Wildman–Crippen MR) is 104 cm³/mol. The molecule has 160 valence electrons. The molecule has 0 spiro atoms. The highest BCUT2D eigenvalue weighted by Gasteiger charge is 2.42. The molecule has 0 aliphatic rings. The number of halogens is 3. The number of carbonyl (C=O) groups is 2. The lowest BCUT2D eigenvalue weighted by Gasteiger charge is -2.13. The lowest BCUT2D eigenvalue weighted by Crippen LogP contribution is -2.28. The van der Waals surface area contributed by atoms with Crippen LogP contribution in [0.3, 0.4) is 0 Å². The maximum atomic E-state index is 12.6. The molecule has 0 aromatic heterocycles. The van der Waals surface area contributed by atoms with Crippen molar-refractivity contribution in [2.75, 3.05) is 0 Å². The Kier molecular flexibility index (Phi) is 6.92. The Balaban J connectivity index is 1.80. The van der Waals surface area contributed by atoms with Gasteiger partial charge in [0.15, 0.2) is 0 Å². The fourth-order valence-corrected chi connectivity index (χ4v) is 2.55. The first kappa shape index (κ1) is 21.9. The van der Waals surface area contributed by atoms with Gasteiger partial charge in [0.05, 0.1) is 0 Å². The van der Waals surface area contributed by atoms with Gasteiger partial charge in [0, 0.05) is 0 Å². The molecule has 31 heavy (non-hydrogen) atoms. The largest absolute Gasteiger partial charge is 0.491 e. The molecular formula is C23H17F3O5. The van der Waals surface area contributed by atoms with E-state index in [4.69, 9.17) is 9.47 Å². The zero-order valence-electron chi connectivity index (χ0n) is 16.1. The maximum Gasteiger partial charge on any atom is 0.491 e. The molecule has 0 heterocycles. The molecule has 0 atom stereocenters. The van der Waals surface area contributed by atoms with Gasteiger partial charge >= 0.3 is 18.1 Å². The Labute approximate surface area is 176 Å². The van der Waals surface area contributed by atoms with E-state index in [1.165, 1.54) is 12.1 Å². The molecule has 0 radical (unpaired) electrons. The van der Waals surface area contributed by atoms with Crippen LogP contribution in [0.4, 0.5) is 13.2 Å². The highest BCUT2D eigenvalue weighted by atomic mass is 19.4. The summed E-state index contributed by atoms with van der Waals surface area (Å²) in [7, 11) is 0. The van der Waals surface area contributed by atoms with Crippen LogP contribution < -0.4 is 9.47 Å². The van der Waals surface area contributed by atoms with Crippen LogP contribution in [0.15, 0.2) is 78.9 Å². The van der Waals surface area contributed by atoms with Crippen molar-refractivity contribution in [3.63, 3.8) is 0 Å². The van der Waals surface area contributed by atoms with Crippen LogP contribution in [0.1, 0.15) is 21.5 Å². The minimum atomic E-state index is -5.21. The van der Waals surface area contributed by atoms with Crippen molar-refractivity contribution in [3.05, 3.63) is 95.6 Å². The van der Waals surface area contributed by atoms with Crippen molar-refractivity contribution < 1.29 is 37.0 Å². The average molecular weight is 430 g/mol. The summed E-state index contributed by atoms with van der Waals surface area (Å²) < 4.78 is 53.0. The Morgan fingerprint density at radius 3 is 1.94 bits per heavy atom. The maximum absolute atomic E-state index is 12.6. The first-order valence-corrected chi connectivity index (χ1v) is 9.14. The van der Waals surface area contributed by atoms with Crippen molar-refractivity contribution in [2.24, 2.45) is 0 Å². The molecular weight excluding hydrogens is 413 g/mol. The highest BCUT2D eigenvalue weighted by Crippen LogP contribution is 2.28. The number of rotatable bonds is 7. The van der Waals surface area contributed by atoms with Gasteiger partial charge in [-0.15, -0.1) is 0 Å². The van der Waals surface area contributed by atoms with Gasteiger partial charge in [-0.3, -0.25) is 0 Å². The van der Waals surface area contributed by atoms with Gasteiger partial charge in [-0.1, -0.05) is 60.7 Å². The molecule has 0 saturated heterocycles. The van der Waals surface area contributed by atoms with Crippen LogP contribution >= 0.6 is 0 Å². The van der Waals surface area contributed by atoms with Crippen LogP contribution in [-0.4, -0.2) is 18.1 Å². The lowest BCUT2D eigenvalue weighted by molar-refractivity contribution is -0.189. The Morgan fingerprint density at radius 1 is 0.774 bits per heavy atom. The summed E-state index contributed by atoms with van der Waals surface area (Å²) in [6.07, 6.45) is -5.21. The van der Waals surface area contributed by atoms with Gasteiger partial charge in [0.1, 0.15) is 30.3 Å². The van der Waals surface area contributed by atoms with E-state index in [2.05, 4.69) is 4.74 Å². The summed E-state index contributed by atoms with van der Waals surface area (Å²) in [6, 6.07) is 21.4. The number of hydrogen-bond donors (Lipinski definition) is 0. The molecule has 0 aliphatic carbocycles. The van der Waals surface area contributed by atoms with Crippen LogP contribution in [0, 0.1) is 0 Å². The van der Waals surface area contributed by atoms with Crippen molar-refractivity contribution in [1.82, 2.24) is 0 Å². The van der Waals surface area contributed by atoms with Crippen molar-refractivity contribution in [2.45, 2.75) is 19.4 Å². The molecule has 0 bridgehead atoms. The fraction of sp³-hybridized carbons (Fsp3) is 0.130. The molecule has 5 nitrogen and oxygen atoms in total. The van der Waals surface area contributed by atoms with E-state index in [1.54, 1.807) is 30.3 Å². The van der Waals surface area contributed by atoms with E-state index in [0.717, 1.165) is 11.6 Å². The van der Waals surface area contributed by atoms with Crippen molar-refractivity contribution in [1.29, 1.82) is 0 Å². The molecule has 8 heteroatoms. The van der Waals surface area contributed by atoms with E-state index < -0.39 is 23.9 Å². The van der Waals surface area contributed by atoms with Crippen LogP contribution in [0.5, 0.6) is 11.5 Å². The molecule has 0 saturated carbocycles. The summed E-state index contributed by atoms with van der Waals surface area (Å²) in [5.74, 6) is -3.78. The van der Waals surface area contributed by atoms with E-state index in [1.807, 2.05) is 30.3 Å². The quantitative estimate of drug-likeness (QED) is 0.386. The second kappa shape index (κ2) is 9.80. The number of alkyl halides is 3. The number of ether oxygens (including phenoxy) is 3. The van der Waals surface area contributed by atoms with E-state index in [9.17, 15) is 22.8 Å². The summed E-state index contributed by atoms with van der Waals surface area (Å²) in [5, 5.41) is 0. The third-order valence-corrected chi connectivity index (χ3v) is 4.07. The molecule has 0 N–H and O–H groups in total. The topological polar surface area (TPSA) is 61.8 Å². The number of hydrogen-bond acceptors (Lipinski definition) is 5. The smallest absolute Gasteiger partial charge is 0.489 e. The van der Waals surface area contributed by atoms with Gasteiger partial charge in [0.25, 0.3) is 0 Å². The predicted octanol–water partition coefficient (Wildman–Crippen LogP) is 5.09. The molecule has 0 fully saturated rings. The molecule has 0 unspecified atom stereocenters. The molecule has 3 aromatic carbocycles. The molecule has 0 amide bonds. The second-order valence-corrected chi connectivity index (χ2v) is 6.38. The highest BCUT2D eigenvalue weighted by molar-refractivity contribution is 5.94. The van der Waals surface area contributed by atoms with Crippen LogP contribution in [-0.2, 0) is 22.7 Å². The van der Waals surface area contributed by atoms with Gasteiger partial charge < -0.3 is 14.2 Å². The zero-order chi connectivity index (χ0) is 22.3. The van der Waals surface area contributed by atoms with E-state index in [0.29, 0.717) is 5.56 Å². The van der Waals surface area contributed by atoms with Crippen LogP contribution in [0.2, 0.25) is 0 Å². The Hall–Kier alpha value is -3.81. The Bertz CT molecular complexity index is 1030. The van der Waals surface area contributed by atoms with Crippen LogP contribution in [0.25, 0.3) is 0 Å². The first-order valence-electron chi connectivity index (χ1n) is 9.14. The molecule has 0 aliphatic heterocycles. The molecule has 3 rings (SSSR count). The number of esters is 2. The minimum Gasteiger partial charge on any atom is -0.489 e. The van der Waals surface area contributed by atoms with Gasteiger partial charge in [0.2, 0.25) is 0 Å².